The molecule has 0 amide bonds. The van der Waals surface area contributed by atoms with Gasteiger partial charge in [-0.25, -0.2) is 14.4 Å². The molecule has 1 aliphatic rings. The summed E-state index contributed by atoms with van der Waals surface area (Å²) in [5, 5.41) is 13.7. The highest BCUT2D eigenvalue weighted by atomic mass is 32.1. The largest absolute Gasteiger partial charge is 0.395 e. The van der Waals surface area contributed by atoms with Crippen LogP contribution in [0.1, 0.15) is 31.1 Å². The van der Waals surface area contributed by atoms with E-state index in [1.165, 1.54) is 22.3 Å². The van der Waals surface area contributed by atoms with Gasteiger partial charge >= 0.3 is 0 Å². The van der Waals surface area contributed by atoms with Gasteiger partial charge in [-0.15, -0.1) is 22.7 Å². The number of anilines is 2. The molecule has 1 fully saturated rings. The first-order chi connectivity index (χ1) is 14.5. The van der Waals surface area contributed by atoms with Gasteiger partial charge in [-0.3, -0.25) is 4.90 Å². The minimum Gasteiger partial charge on any atom is -0.395 e. The summed E-state index contributed by atoms with van der Waals surface area (Å²) in [5.74, 6) is 0.0860. The number of fused-ring (bicyclic) bond motifs is 2. The number of nitrogens with zero attached hydrogens (tertiary/aromatic N) is 3. The van der Waals surface area contributed by atoms with Crippen molar-refractivity contribution in [1.29, 1.82) is 0 Å². The highest BCUT2D eigenvalue weighted by molar-refractivity contribution is 7.18. The molecule has 1 atom stereocenters. The zero-order valence-corrected chi connectivity index (χ0v) is 18.5. The lowest BCUT2D eigenvalue weighted by Gasteiger charge is -2.35. The number of likely N-dealkylation sites (tertiary alicyclic amines) is 1. The molecule has 30 heavy (non-hydrogen) atoms. The van der Waals surface area contributed by atoms with Crippen LogP contribution in [0.3, 0.4) is 0 Å². The van der Waals surface area contributed by atoms with Gasteiger partial charge in [0.05, 0.1) is 33.7 Å². The van der Waals surface area contributed by atoms with Gasteiger partial charge in [0.15, 0.2) is 0 Å². The van der Waals surface area contributed by atoms with Gasteiger partial charge in [0, 0.05) is 34.5 Å². The molecule has 0 unspecified atom stereocenters. The summed E-state index contributed by atoms with van der Waals surface area (Å²) in [5.41, 5.74) is 3.76. The van der Waals surface area contributed by atoms with Gasteiger partial charge < -0.3 is 10.4 Å². The van der Waals surface area contributed by atoms with Crippen LogP contribution in [0.5, 0.6) is 0 Å². The minimum absolute atomic E-state index is 0.0288. The first kappa shape index (κ1) is 19.8. The molecule has 0 bridgehead atoms. The van der Waals surface area contributed by atoms with E-state index in [1.54, 1.807) is 29.1 Å². The first-order valence-corrected chi connectivity index (χ1v) is 11.7. The molecule has 1 aliphatic heterocycles. The number of benzene rings is 1. The van der Waals surface area contributed by atoms with Crippen LogP contribution >= 0.6 is 22.7 Å². The molecule has 8 heteroatoms. The van der Waals surface area contributed by atoms with Gasteiger partial charge in [0.1, 0.15) is 10.6 Å². The highest BCUT2D eigenvalue weighted by Gasteiger charge is 2.42. The Morgan fingerprint density at radius 1 is 1.27 bits per heavy atom. The Bertz CT molecular complexity index is 1220. The fourth-order valence-electron chi connectivity index (χ4n) is 4.52. The van der Waals surface area contributed by atoms with Crippen molar-refractivity contribution in [3.63, 3.8) is 0 Å². The molecule has 0 aliphatic carbocycles. The summed E-state index contributed by atoms with van der Waals surface area (Å²) < 4.78 is 15.5. The number of β-amino-alcohol motifs (C(OH)–C–C–N with tert-alkyl or cyclic N) is 1. The number of hydrogen-bond acceptors (Lipinski definition) is 7. The molecule has 0 spiro atoms. The number of aliphatic hydroxyl groups excluding tert-OH is 1. The monoisotopic (exact) mass is 442 g/mol. The molecule has 156 valence electrons. The zero-order valence-electron chi connectivity index (χ0n) is 16.9. The van der Waals surface area contributed by atoms with Gasteiger partial charge in [-0.1, -0.05) is 0 Å². The van der Waals surface area contributed by atoms with E-state index in [2.05, 4.69) is 40.1 Å². The molecule has 5 nitrogen and oxygen atoms in total. The third kappa shape index (κ3) is 3.28. The summed E-state index contributed by atoms with van der Waals surface area (Å²) in [4.78, 5) is 13.4. The molecule has 3 aromatic heterocycles. The predicted octanol–water partition coefficient (Wildman–Crippen LogP) is 5.35. The summed E-state index contributed by atoms with van der Waals surface area (Å²) in [6.45, 7) is 6.33. The smallest absolute Gasteiger partial charge is 0.148 e. The van der Waals surface area contributed by atoms with E-state index in [4.69, 9.17) is 0 Å². The maximum Gasteiger partial charge on any atom is 0.148 e. The van der Waals surface area contributed by atoms with Crippen molar-refractivity contribution in [1.82, 2.24) is 14.9 Å². The van der Waals surface area contributed by atoms with Crippen LogP contribution in [0.25, 0.3) is 20.4 Å². The average Bonchev–Trinajstić information content (AvgIpc) is 3.40. The standard InChI is InChI=1S/C22H23FN4OS2/c1-22(2)14(4-6-27(22)7-8-28)19-9-13-16(3-5-24-21(13)30-19)26-17-11-18-20(10-15(17)23)29-12-25-18/h3,5,9-12,14,28H,4,6-8H2,1-2H3,(H,24,26)/t14-/m0/s1. The second-order valence-corrected chi connectivity index (χ2v) is 10.2. The van der Waals surface area contributed by atoms with Crippen molar-refractivity contribution in [2.45, 2.75) is 31.7 Å². The van der Waals surface area contributed by atoms with Gasteiger partial charge in [-0.2, -0.15) is 0 Å². The Kier molecular flexibility index (Phi) is 4.97. The Labute approximate surface area is 182 Å². The van der Waals surface area contributed by atoms with E-state index in [0.717, 1.165) is 39.1 Å². The van der Waals surface area contributed by atoms with E-state index in [1.807, 2.05) is 6.07 Å². The summed E-state index contributed by atoms with van der Waals surface area (Å²) in [6, 6.07) is 7.38. The molecule has 4 heterocycles. The second-order valence-electron chi connectivity index (χ2n) is 8.21. The third-order valence-electron chi connectivity index (χ3n) is 6.21. The Balaban J connectivity index is 1.50. The highest BCUT2D eigenvalue weighted by Crippen LogP contribution is 2.46. The topological polar surface area (TPSA) is 61.3 Å². The Hall–Kier alpha value is -2.13. The number of thiophene rings is 1. The van der Waals surface area contributed by atoms with Crippen molar-refractivity contribution in [2.75, 3.05) is 25.0 Å². The lowest BCUT2D eigenvalue weighted by atomic mass is 9.87. The number of nitrogens with one attached hydrogen (secondary N) is 1. The number of thiazole rings is 1. The van der Waals surface area contributed by atoms with Crippen LogP contribution in [0.2, 0.25) is 0 Å². The van der Waals surface area contributed by atoms with Gasteiger partial charge in [0.25, 0.3) is 0 Å². The zero-order chi connectivity index (χ0) is 20.9. The third-order valence-corrected chi connectivity index (χ3v) is 8.16. The first-order valence-electron chi connectivity index (χ1n) is 10.0. The average molecular weight is 443 g/mol. The molecule has 1 saturated heterocycles. The summed E-state index contributed by atoms with van der Waals surface area (Å²) in [6.07, 6.45) is 2.82. The number of aliphatic hydroxyl groups is 1. The van der Waals surface area contributed by atoms with Crippen molar-refractivity contribution in [3.8, 4) is 0 Å². The van der Waals surface area contributed by atoms with Crippen molar-refractivity contribution in [2.24, 2.45) is 0 Å². The number of rotatable bonds is 5. The number of halogens is 1. The molecule has 0 saturated carbocycles. The van der Waals surface area contributed by atoms with Crippen molar-refractivity contribution >= 4 is 54.5 Å². The molecule has 1 aromatic carbocycles. The SMILES string of the molecule is CC1(C)[C@H](c2cc3c(Nc4cc5ncsc5cc4F)ccnc3s2)CCN1CCO. The van der Waals surface area contributed by atoms with Crippen LogP contribution in [0.15, 0.2) is 36.0 Å². The molecular weight excluding hydrogens is 419 g/mol. The number of pyridine rings is 1. The van der Waals surface area contributed by atoms with Crippen LogP contribution < -0.4 is 5.32 Å². The maximum atomic E-state index is 14.6. The molecule has 4 aromatic rings. The van der Waals surface area contributed by atoms with Crippen LogP contribution in [0, 0.1) is 5.82 Å². The van der Waals surface area contributed by atoms with Crippen molar-refractivity contribution in [3.05, 3.63) is 46.7 Å². The fraction of sp³-hybridized carbons (Fsp3) is 0.364. The lowest BCUT2D eigenvalue weighted by Crippen LogP contribution is -2.42. The second kappa shape index (κ2) is 7.53. The molecule has 5 rings (SSSR count). The van der Waals surface area contributed by atoms with Gasteiger partial charge in [-0.05, 0) is 51.1 Å². The van der Waals surface area contributed by atoms with Gasteiger partial charge in [0.2, 0.25) is 0 Å². The van der Waals surface area contributed by atoms with E-state index in [9.17, 15) is 9.50 Å². The fourth-order valence-corrected chi connectivity index (χ4v) is 6.54. The summed E-state index contributed by atoms with van der Waals surface area (Å²) in [7, 11) is 0. The Morgan fingerprint density at radius 3 is 2.97 bits per heavy atom. The molecular formula is C22H23FN4OS2. The predicted molar refractivity (Wildman–Crippen MR) is 123 cm³/mol. The van der Waals surface area contributed by atoms with E-state index in [-0.39, 0.29) is 18.0 Å². The Morgan fingerprint density at radius 2 is 2.13 bits per heavy atom. The number of aromatic nitrogens is 2. The van der Waals surface area contributed by atoms with E-state index < -0.39 is 0 Å². The van der Waals surface area contributed by atoms with Crippen LogP contribution in [-0.2, 0) is 0 Å². The van der Waals surface area contributed by atoms with Crippen LogP contribution in [0.4, 0.5) is 15.8 Å². The quantitative estimate of drug-likeness (QED) is 0.436. The maximum absolute atomic E-state index is 14.6. The normalized spacial score (nSPS) is 19.1. The van der Waals surface area contributed by atoms with Crippen molar-refractivity contribution < 1.29 is 9.50 Å². The molecule has 0 radical (unpaired) electrons. The van der Waals surface area contributed by atoms with Crippen LogP contribution in [-0.4, -0.2) is 45.2 Å². The van der Waals surface area contributed by atoms with E-state index >= 15 is 0 Å². The lowest BCUT2D eigenvalue weighted by molar-refractivity contribution is 0.127. The molecule has 2 N–H and O–H groups in total. The summed E-state index contributed by atoms with van der Waals surface area (Å²) >= 11 is 3.14. The number of hydrogen-bond donors (Lipinski definition) is 2. The van der Waals surface area contributed by atoms with E-state index in [0.29, 0.717) is 18.2 Å². The minimum atomic E-state index is -0.288.